The van der Waals surface area contributed by atoms with Gasteiger partial charge in [0.1, 0.15) is 6.10 Å². The first-order valence-corrected chi connectivity index (χ1v) is 21.5. The highest BCUT2D eigenvalue weighted by molar-refractivity contribution is 5.69. The summed E-state index contributed by atoms with van der Waals surface area (Å²) in [6.07, 6.45) is 35.4. The number of unbranched alkanes of at least 4 members (excludes halogenated alkanes) is 10. The lowest BCUT2D eigenvalue weighted by atomic mass is 9.47. The third kappa shape index (κ3) is 10.6. The van der Waals surface area contributed by atoms with E-state index in [2.05, 4.69) is 54.5 Å². The number of carbonyl (C=O) groups excluding carboxylic acids is 1. The summed E-state index contributed by atoms with van der Waals surface area (Å²) in [6.45, 7) is 17.4. The van der Waals surface area contributed by atoms with Crippen LogP contribution in [0.15, 0.2) is 11.6 Å². The molecule has 0 aromatic carbocycles. The van der Waals surface area contributed by atoms with Crippen molar-refractivity contribution in [2.75, 3.05) is 0 Å². The number of fused-ring (bicyclic) bond motifs is 5. The standard InChI is InChI=1S/C45H80O2/c1-8-35(4)22-18-16-14-12-10-9-11-13-15-17-19-24-43(46)47-38-29-31-44(6)37(33-38)25-26-39-41-28-27-40(36(5)23-20-21-34(2)3)45(41,7)32-30-42(39)44/h25,34-36,38-42H,8-24,26-33H2,1-7H3/t35?,36-,38?,39+,40-,41+,42+,44+,45-/m1/s1. The number of rotatable bonds is 21. The zero-order valence-electron chi connectivity index (χ0n) is 32.7. The van der Waals surface area contributed by atoms with Gasteiger partial charge >= 0.3 is 5.97 Å². The van der Waals surface area contributed by atoms with Gasteiger partial charge in [0.25, 0.3) is 0 Å². The summed E-state index contributed by atoms with van der Waals surface area (Å²) in [5.74, 6) is 6.25. The number of hydrogen-bond acceptors (Lipinski definition) is 2. The highest BCUT2D eigenvalue weighted by Gasteiger charge is 2.59. The van der Waals surface area contributed by atoms with Crippen molar-refractivity contribution in [2.45, 2.75) is 215 Å². The Labute approximate surface area is 293 Å². The lowest BCUT2D eigenvalue weighted by molar-refractivity contribution is -0.151. The highest BCUT2D eigenvalue weighted by Crippen LogP contribution is 2.67. The van der Waals surface area contributed by atoms with Crippen molar-refractivity contribution in [3.05, 3.63) is 11.6 Å². The van der Waals surface area contributed by atoms with E-state index in [4.69, 9.17) is 4.74 Å². The van der Waals surface area contributed by atoms with Crippen molar-refractivity contribution < 1.29 is 9.53 Å². The van der Waals surface area contributed by atoms with E-state index < -0.39 is 0 Å². The summed E-state index contributed by atoms with van der Waals surface area (Å²) < 4.78 is 6.13. The smallest absolute Gasteiger partial charge is 0.306 e. The average Bonchev–Trinajstić information content (AvgIpc) is 3.40. The molecule has 2 heteroatoms. The van der Waals surface area contributed by atoms with Crippen molar-refractivity contribution in [3.63, 3.8) is 0 Å². The molecule has 2 unspecified atom stereocenters. The normalized spacial score (nSPS) is 33.1. The Morgan fingerprint density at radius 2 is 1.43 bits per heavy atom. The lowest BCUT2D eigenvalue weighted by Crippen LogP contribution is -2.51. The van der Waals surface area contributed by atoms with E-state index in [1.54, 1.807) is 5.57 Å². The summed E-state index contributed by atoms with van der Waals surface area (Å²) in [5.41, 5.74) is 2.54. The predicted molar refractivity (Wildman–Crippen MR) is 202 cm³/mol. The summed E-state index contributed by atoms with van der Waals surface area (Å²) in [6, 6.07) is 0. The maximum atomic E-state index is 12.8. The van der Waals surface area contributed by atoms with Gasteiger partial charge in [-0.05, 0) is 104 Å². The van der Waals surface area contributed by atoms with Crippen molar-refractivity contribution in [2.24, 2.45) is 52.3 Å². The largest absolute Gasteiger partial charge is 0.462 e. The summed E-state index contributed by atoms with van der Waals surface area (Å²) in [4.78, 5) is 12.8. The van der Waals surface area contributed by atoms with Crippen LogP contribution in [0.3, 0.4) is 0 Å². The molecule has 3 fully saturated rings. The molecule has 2 nitrogen and oxygen atoms in total. The molecular weight excluding hydrogens is 572 g/mol. The molecule has 0 spiro atoms. The second-order valence-corrected chi connectivity index (χ2v) is 18.6. The molecule has 9 atom stereocenters. The van der Waals surface area contributed by atoms with Crippen LogP contribution < -0.4 is 0 Å². The summed E-state index contributed by atoms with van der Waals surface area (Å²) in [5, 5.41) is 0. The van der Waals surface area contributed by atoms with Gasteiger partial charge in [-0.2, -0.15) is 0 Å². The van der Waals surface area contributed by atoms with Gasteiger partial charge in [0.15, 0.2) is 0 Å². The number of ether oxygens (including phenoxy) is 1. The monoisotopic (exact) mass is 653 g/mol. The number of esters is 1. The van der Waals surface area contributed by atoms with Crippen LogP contribution in [-0.4, -0.2) is 12.1 Å². The number of carbonyl (C=O) groups is 1. The average molecular weight is 653 g/mol. The fraction of sp³-hybridized carbons (Fsp3) is 0.933. The SMILES string of the molecule is CCC(C)CCCCCCCCCCCCCC(=O)OC1CC[C@@]2(C)C(=CC[C@H]3[C@@H]4CC[C@H]([C@H](C)CCCC(C)C)[C@@]4(C)CC[C@@H]32)C1. The van der Waals surface area contributed by atoms with Crippen LogP contribution in [0.5, 0.6) is 0 Å². The molecular formula is C45H80O2. The Morgan fingerprint density at radius 3 is 2.09 bits per heavy atom. The predicted octanol–water partition coefficient (Wildman–Crippen LogP) is 14.1. The Bertz CT molecular complexity index is 950. The van der Waals surface area contributed by atoms with E-state index >= 15 is 0 Å². The third-order valence-corrected chi connectivity index (χ3v) is 14.8. The minimum atomic E-state index is 0.0640. The van der Waals surface area contributed by atoms with Crippen molar-refractivity contribution in [1.82, 2.24) is 0 Å². The molecule has 4 rings (SSSR count). The zero-order chi connectivity index (χ0) is 33.9. The van der Waals surface area contributed by atoms with Crippen molar-refractivity contribution in [3.8, 4) is 0 Å². The second-order valence-electron chi connectivity index (χ2n) is 18.6. The topological polar surface area (TPSA) is 26.3 Å². The summed E-state index contributed by atoms with van der Waals surface area (Å²) >= 11 is 0. The zero-order valence-corrected chi connectivity index (χ0v) is 32.7. The molecule has 4 aliphatic rings. The van der Waals surface area contributed by atoms with Gasteiger partial charge in [-0.3, -0.25) is 4.79 Å². The van der Waals surface area contributed by atoms with Crippen LogP contribution >= 0.6 is 0 Å². The molecule has 0 radical (unpaired) electrons. The minimum Gasteiger partial charge on any atom is -0.462 e. The van der Waals surface area contributed by atoms with Crippen LogP contribution in [0.25, 0.3) is 0 Å². The fourth-order valence-electron chi connectivity index (χ4n) is 11.6. The molecule has 3 saturated carbocycles. The van der Waals surface area contributed by atoms with Crippen LogP contribution in [0, 0.1) is 52.3 Å². The second kappa shape index (κ2) is 19.0. The lowest BCUT2D eigenvalue weighted by Gasteiger charge is -2.58. The first-order valence-electron chi connectivity index (χ1n) is 21.5. The van der Waals surface area contributed by atoms with Gasteiger partial charge in [-0.1, -0.05) is 156 Å². The van der Waals surface area contributed by atoms with Gasteiger partial charge in [-0.15, -0.1) is 0 Å². The van der Waals surface area contributed by atoms with Gasteiger partial charge in [0.05, 0.1) is 0 Å². The van der Waals surface area contributed by atoms with E-state index in [0.717, 1.165) is 60.7 Å². The number of hydrogen-bond donors (Lipinski definition) is 0. The Hall–Kier alpha value is -0.790. The van der Waals surface area contributed by atoms with Gasteiger partial charge in [-0.25, -0.2) is 0 Å². The molecule has 4 aliphatic carbocycles. The molecule has 0 heterocycles. The molecule has 47 heavy (non-hydrogen) atoms. The van der Waals surface area contributed by atoms with E-state index in [-0.39, 0.29) is 12.1 Å². The molecule has 0 aromatic heterocycles. The van der Waals surface area contributed by atoms with Gasteiger partial charge < -0.3 is 4.74 Å². The Balaban J connectivity index is 1.11. The molecule has 0 bridgehead atoms. The molecule has 0 aliphatic heterocycles. The van der Waals surface area contributed by atoms with Crippen molar-refractivity contribution >= 4 is 5.97 Å². The molecule has 0 N–H and O–H groups in total. The maximum Gasteiger partial charge on any atom is 0.306 e. The van der Waals surface area contributed by atoms with E-state index in [9.17, 15) is 4.79 Å². The van der Waals surface area contributed by atoms with Crippen LogP contribution in [0.2, 0.25) is 0 Å². The van der Waals surface area contributed by atoms with Gasteiger partial charge in [0, 0.05) is 12.8 Å². The van der Waals surface area contributed by atoms with E-state index in [0.29, 0.717) is 17.3 Å². The van der Waals surface area contributed by atoms with Crippen molar-refractivity contribution in [1.29, 1.82) is 0 Å². The van der Waals surface area contributed by atoms with Crippen LogP contribution in [0.4, 0.5) is 0 Å². The van der Waals surface area contributed by atoms with Gasteiger partial charge in [0.2, 0.25) is 0 Å². The van der Waals surface area contributed by atoms with Crippen LogP contribution in [0.1, 0.15) is 209 Å². The highest BCUT2D eigenvalue weighted by atomic mass is 16.5. The first kappa shape index (κ1) is 39.0. The van der Waals surface area contributed by atoms with E-state index in [1.807, 2.05) is 0 Å². The third-order valence-electron chi connectivity index (χ3n) is 14.8. The quantitative estimate of drug-likeness (QED) is 0.0700. The Kier molecular flexibility index (Phi) is 15.8. The van der Waals surface area contributed by atoms with Crippen LogP contribution in [-0.2, 0) is 9.53 Å². The Morgan fingerprint density at radius 1 is 0.766 bits per heavy atom. The molecule has 0 aromatic rings. The molecule has 0 amide bonds. The minimum absolute atomic E-state index is 0.0640. The molecule has 0 saturated heterocycles. The first-order chi connectivity index (χ1) is 22.6. The maximum absolute atomic E-state index is 12.8. The summed E-state index contributed by atoms with van der Waals surface area (Å²) in [7, 11) is 0. The van der Waals surface area contributed by atoms with E-state index in [1.165, 1.54) is 135 Å². The number of allylic oxidation sites excluding steroid dienone is 1. The fourth-order valence-corrected chi connectivity index (χ4v) is 11.6. The molecule has 272 valence electrons.